The molecule has 100 valence electrons. The second kappa shape index (κ2) is 8.83. The molecule has 0 aliphatic heterocycles. The van der Waals surface area contributed by atoms with Gasteiger partial charge >= 0.3 is 5.97 Å². The van der Waals surface area contributed by atoms with Crippen molar-refractivity contribution in [1.82, 2.24) is 0 Å². The minimum atomic E-state index is -0.549. The van der Waals surface area contributed by atoms with Crippen molar-refractivity contribution in [1.29, 1.82) is 0 Å². The first-order valence-electron chi connectivity index (χ1n) is 5.92. The fourth-order valence-corrected chi connectivity index (χ4v) is 2.02. The monoisotopic (exact) mass is 269 g/mol. The van der Waals surface area contributed by atoms with E-state index in [1.165, 1.54) is 0 Å². The van der Waals surface area contributed by atoms with Crippen LogP contribution in [0.15, 0.2) is 30.3 Å². The van der Waals surface area contributed by atoms with E-state index >= 15 is 0 Å². The molecular weight excluding hydrogens is 250 g/mol. The summed E-state index contributed by atoms with van der Waals surface area (Å²) in [6.07, 6.45) is 0. The lowest BCUT2D eigenvalue weighted by molar-refractivity contribution is -0.144. The molecule has 5 heteroatoms. The molecule has 1 rings (SSSR count). The van der Waals surface area contributed by atoms with Crippen molar-refractivity contribution in [3.05, 3.63) is 30.3 Å². The number of carbonyl (C=O) groups is 1. The molecule has 4 nitrogen and oxygen atoms in total. The Morgan fingerprint density at radius 1 is 1.39 bits per heavy atom. The summed E-state index contributed by atoms with van der Waals surface area (Å²) in [5, 5.41) is 0. The molecule has 0 spiro atoms. The standard InChI is InChI=1S/C13H19NO3S/c1-2-16-13(15)12(14)10-18-9-8-17-11-6-4-3-5-7-11/h3-7,12H,2,8-10,14H2,1H3. The van der Waals surface area contributed by atoms with Gasteiger partial charge in [-0.2, -0.15) is 11.8 Å². The summed E-state index contributed by atoms with van der Waals surface area (Å²) in [5.41, 5.74) is 5.66. The molecule has 1 unspecified atom stereocenters. The Balaban J connectivity index is 2.07. The van der Waals surface area contributed by atoms with Crippen molar-refractivity contribution in [3.63, 3.8) is 0 Å². The van der Waals surface area contributed by atoms with E-state index in [1.54, 1.807) is 18.7 Å². The van der Waals surface area contributed by atoms with E-state index in [0.29, 0.717) is 19.0 Å². The Bertz CT molecular complexity index is 345. The van der Waals surface area contributed by atoms with E-state index < -0.39 is 6.04 Å². The first-order chi connectivity index (χ1) is 8.74. The second-order valence-electron chi connectivity index (χ2n) is 3.59. The number of hydrogen-bond donors (Lipinski definition) is 1. The highest BCUT2D eigenvalue weighted by Gasteiger charge is 2.13. The number of nitrogens with two attached hydrogens (primary N) is 1. The molecule has 1 aromatic carbocycles. The maximum atomic E-state index is 11.2. The van der Waals surface area contributed by atoms with E-state index in [4.69, 9.17) is 15.2 Å². The van der Waals surface area contributed by atoms with Gasteiger partial charge < -0.3 is 15.2 Å². The summed E-state index contributed by atoms with van der Waals surface area (Å²) in [5.74, 6) is 1.86. The first-order valence-corrected chi connectivity index (χ1v) is 7.07. The minimum Gasteiger partial charge on any atom is -0.493 e. The van der Waals surface area contributed by atoms with Crippen LogP contribution in [0.2, 0.25) is 0 Å². The largest absolute Gasteiger partial charge is 0.493 e. The summed E-state index contributed by atoms with van der Waals surface area (Å²) >= 11 is 1.58. The molecule has 0 saturated heterocycles. The Hall–Kier alpha value is -1.20. The molecule has 0 bridgehead atoms. The highest BCUT2D eigenvalue weighted by atomic mass is 32.2. The normalized spacial score (nSPS) is 11.9. The van der Waals surface area contributed by atoms with Crippen LogP contribution in [0.1, 0.15) is 6.92 Å². The van der Waals surface area contributed by atoms with Gasteiger partial charge in [-0.05, 0) is 19.1 Å². The van der Waals surface area contributed by atoms with Gasteiger partial charge in [0.1, 0.15) is 11.8 Å². The molecule has 0 saturated carbocycles. The summed E-state index contributed by atoms with van der Waals surface area (Å²) in [6.45, 7) is 2.74. The maximum Gasteiger partial charge on any atom is 0.323 e. The predicted molar refractivity (Wildman–Crippen MR) is 73.9 cm³/mol. The van der Waals surface area contributed by atoms with Gasteiger partial charge in [-0.3, -0.25) is 4.79 Å². The maximum absolute atomic E-state index is 11.2. The lowest BCUT2D eigenvalue weighted by Crippen LogP contribution is -2.34. The third-order valence-electron chi connectivity index (χ3n) is 2.13. The number of thioether (sulfide) groups is 1. The van der Waals surface area contributed by atoms with E-state index in [0.717, 1.165) is 11.5 Å². The highest BCUT2D eigenvalue weighted by Crippen LogP contribution is 2.09. The zero-order chi connectivity index (χ0) is 13.2. The molecule has 1 aromatic rings. The molecule has 2 N–H and O–H groups in total. The smallest absolute Gasteiger partial charge is 0.323 e. The number of hydrogen-bond acceptors (Lipinski definition) is 5. The number of benzene rings is 1. The van der Waals surface area contributed by atoms with Gasteiger partial charge in [0.25, 0.3) is 0 Å². The SMILES string of the molecule is CCOC(=O)C(N)CSCCOc1ccccc1. The van der Waals surface area contributed by atoms with Gasteiger partial charge in [0.05, 0.1) is 13.2 Å². The second-order valence-corrected chi connectivity index (χ2v) is 4.74. The molecule has 0 amide bonds. The van der Waals surface area contributed by atoms with Crippen LogP contribution in [0.5, 0.6) is 5.75 Å². The third-order valence-corrected chi connectivity index (χ3v) is 3.18. The molecule has 0 fully saturated rings. The number of rotatable bonds is 8. The van der Waals surface area contributed by atoms with Crippen molar-refractivity contribution >= 4 is 17.7 Å². The van der Waals surface area contributed by atoms with Gasteiger partial charge in [-0.1, -0.05) is 18.2 Å². The number of ether oxygens (including phenoxy) is 2. The molecule has 0 aromatic heterocycles. The van der Waals surface area contributed by atoms with Crippen LogP contribution in [0, 0.1) is 0 Å². The number of carbonyl (C=O) groups excluding carboxylic acids is 1. The Kier molecular flexibility index (Phi) is 7.29. The van der Waals surface area contributed by atoms with Gasteiger partial charge in [-0.15, -0.1) is 0 Å². The van der Waals surface area contributed by atoms with Gasteiger partial charge in [-0.25, -0.2) is 0 Å². The van der Waals surface area contributed by atoms with Gasteiger partial charge in [0, 0.05) is 11.5 Å². The molecule has 1 atom stereocenters. The average Bonchev–Trinajstić information content (AvgIpc) is 2.39. The van der Waals surface area contributed by atoms with Crippen molar-refractivity contribution in [2.75, 3.05) is 24.7 Å². The van der Waals surface area contributed by atoms with Crippen LogP contribution in [0.4, 0.5) is 0 Å². The van der Waals surface area contributed by atoms with E-state index in [1.807, 2.05) is 30.3 Å². The van der Waals surface area contributed by atoms with Gasteiger partial charge in [0.15, 0.2) is 0 Å². The number of esters is 1. The lowest BCUT2D eigenvalue weighted by Gasteiger charge is -2.10. The Morgan fingerprint density at radius 3 is 2.78 bits per heavy atom. The molecule has 0 heterocycles. The van der Waals surface area contributed by atoms with Crippen LogP contribution >= 0.6 is 11.8 Å². The summed E-state index contributed by atoms with van der Waals surface area (Å²) in [6, 6.07) is 9.08. The third kappa shape index (κ3) is 5.93. The van der Waals surface area contributed by atoms with Crippen LogP contribution in [-0.2, 0) is 9.53 Å². The molecule has 18 heavy (non-hydrogen) atoms. The molecule has 0 radical (unpaired) electrons. The van der Waals surface area contributed by atoms with E-state index in [2.05, 4.69) is 0 Å². The van der Waals surface area contributed by atoms with Crippen LogP contribution in [-0.4, -0.2) is 36.7 Å². The zero-order valence-corrected chi connectivity index (χ0v) is 11.3. The fraction of sp³-hybridized carbons (Fsp3) is 0.462. The van der Waals surface area contributed by atoms with Crippen LogP contribution < -0.4 is 10.5 Å². The van der Waals surface area contributed by atoms with E-state index in [9.17, 15) is 4.79 Å². The van der Waals surface area contributed by atoms with Crippen molar-refractivity contribution in [2.45, 2.75) is 13.0 Å². The summed E-state index contributed by atoms with van der Waals surface area (Å²) in [7, 11) is 0. The minimum absolute atomic E-state index is 0.339. The Morgan fingerprint density at radius 2 is 2.11 bits per heavy atom. The first kappa shape index (κ1) is 14.9. The highest BCUT2D eigenvalue weighted by molar-refractivity contribution is 7.99. The van der Waals surface area contributed by atoms with Crippen LogP contribution in [0.3, 0.4) is 0 Å². The lowest BCUT2D eigenvalue weighted by atomic mass is 10.3. The van der Waals surface area contributed by atoms with Crippen molar-refractivity contribution in [2.24, 2.45) is 5.73 Å². The van der Waals surface area contributed by atoms with Crippen molar-refractivity contribution < 1.29 is 14.3 Å². The molecule has 0 aliphatic carbocycles. The Labute approximate surface area is 112 Å². The summed E-state index contributed by atoms with van der Waals surface area (Å²) in [4.78, 5) is 11.2. The predicted octanol–water partition coefficient (Wildman–Crippen LogP) is 1.69. The molecular formula is C13H19NO3S. The fourth-order valence-electron chi connectivity index (χ4n) is 1.26. The summed E-state index contributed by atoms with van der Waals surface area (Å²) < 4.78 is 10.3. The molecule has 0 aliphatic rings. The van der Waals surface area contributed by atoms with Crippen molar-refractivity contribution in [3.8, 4) is 5.75 Å². The van der Waals surface area contributed by atoms with Gasteiger partial charge in [0.2, 0.25) is 0 Å². The topological polar surface area (TPSA) is 61.5 Å². The average molecular weight is 269 g/mol. The van der Waals surface area contributed by atoms with E-state index in [-0.39, 0.29) is 5.97 Å². The zero-order valence-electron chi connectivity index (χ0n) is 10.5. The van der Waals surface area contributed by atoms with Crippen LogP contribution in [0.25, 0.3) is 0 Å². The number of para-hydroxylation sites is 1. The quantitative estimate of drug-likeness (QED) is 0.575.